The van der Waals surface area contributed by atoms with E-state index in [9.17, 15) is 4.79 Å². The second-order valence-electron chi connectivity index (χ2n) is 2.94. The standard InChI is InChI=1S/C12H8N2O/c15-9-14-11-7-4-8-13-12(11)10-5-2-1-3-6-10/h1-8H. The summed E-state index contributed by atoms with van der Waals surface area (Å²) >= 11 is 0. The highest BCUT2D eigenvalue weighted by Crippen LogP contribution is 2.26. The summed E-state index contributed by atoms with van der Waals surface area (Å²) in [5.74, 6) is 0. The fraction of sp³-hybridized carbons (Fsp3) is 0. The summed E-state index contributed by atoms with van der Waals surface area (Å²) in [5.41, 5.74) is 2.17. The van der Waals surface area contributed by atoms with Crippen LogP contribution in [-0.2, 0) is 4.79 Å². The van der Waals surface area contributed by atoms with Crippen LogP contribution in [0, 0.1) is 0 Å². The van der Waals surface area contributed by atoms with Crippen LogP contribution in [0.5, 0.6) is 0 Å². The van der Waals surface area contributed by atoms with Gasteiger partial charge in [0.1, 0.15) is 5.69 Å². The van der Waals surface area contributed by atoms with Gasteiger partial charge in [-0.25, -0.2) is 4.79 Å². The molecule has 0 aliphatic carbocycles. The van der Waals surface area contributed by atoms with Crippen molar-refractivity contribution in [2.75, 3.05) is 0 Å². The Kier molecular flexibility index (Phi) is 2.68. The largest absolute Gasteiger partial charge is 0.254 e. The molecule has 0 radical (unpaired) electrons. The third kappa shape index (κ3) is 1.98. The lowest BCUT2D eigenvalue weighted by Gasteiger charge is -2.01. The van der Waals surface area contributed by atoms with E-state index in [0.29, 0.717) is 11.4 Å². The Morgan fingerprint density at radius 1 is 1.07 bits per heavy atom. The number of carbonyl (C=O) groups excluding carboxylic acids is 1. The molecule has 1 aromatic carbocycles. The smallest absolute Gasteiger partial charge is 0.240 e. The van der Waals surface area contributed by atoms with Gasteiger partial charge in [0, 0.05) is 11.8 Å². The van der Waals surface area contributed by atoms with Gasteiger partial charge in [-0.15, -0.1) is 0 Å². The van der Waals surface area contributed by atoms with Crippen molar-refractivity contribution in [1.29, 1.82) is 0 Å². The van der Waals surface area contributed by atoms with E-state index in [-0.39, 0.29) is 0 Å². The van der Waals surface area contributed by atoms with E-state index in [2.05, 4.69) is 9.98 Å². The van der Waals surface area contributed by atoms with Crippen LogP contribution in [0.3, 0.4) is 0 Å². The molecular weight excluding hydrogens is 188 g/mol. The minimum Gasteiger partial charge on any atom is -0.254 e. The Labute approximate surface area is 87.1 Å². The Morgan fingerprint density at radius 2 is 1.87 bits per heavy atom. The summed E-state index contributed by atoms with van der Waals surface area (Å²) in [6, 6.07) is 13.1. The van der Waals surface area contributed by atoms with Crippen LogP contribution in [-0.4, -0.2) is 11.1 Å². The van der Waals surface area contributed by atoms with E-state index in [0.717, 1.165) is 5.56 Å². The third-order valence-corrected chi connectivity index (χ3v) is 2.00. The number of isocyanates is 1. The van der Waals surface area contributed by atoms with Crippen molar-refractivity contribution >= 4 is 11.8 Å². The van der Waals surface area contributed by atoms with Gasteiger partial charge in [0.2, 0.25) is 6.08 Å². The summed E-state index contributed by atoms with van der Waals surface area (Å²) in [6.45, 7) is 0. The van der Waals surface area contributed by atoms with E-state index >= 15 is 0 Å². The molecule has 2 rings (SSSR count). The number of benzene rings is 1. The van der Waals surface area contributed by atoms with Gasteiger partial charge in [0.15, 0.2) is 0 Å². The van der Waals surface area contributed by atoms with E-state index in [1.165, 1.54) is 6.08 Å². The minimum absolute atomic E-state index is 0.540. The van der Waals surface area contributed by atoms with Crippen molar-refractivity contribution in [2.45, 2.75) is 0 Å². The maximum Gasteiger partial charge on any atom is 0.240 e. The number of hydrogen-bond donors (Lipinski definition) is 0. The lowest BCUT2D eigenvalue weighted by molar-refractivity contribution is 0.565. The molecule has 0 amide bonds. The molecule has 0 bridgehead atoms. The molecule has 0 saturated carbocycles. The van der Waals surface area contributed by atoms with Crippen LogP contribution in [0.2, 0.25) is 0 Å². The molecule has 0 atom stereocenters. The zero-order chi connectivity index (χ0) is 10.5. The van der Waals surface area contributed by atoms with Crippen molar-refractivity contribution < 1.29 is 4.79 Å². The topological polar surface area (TPSA) is 42.3 Å². The molecule has 1 aromatic heterocycles. The first-order chi connectivity index (χ1) is 7.42. The zero-order valence-electron chi connectivity index (χ0n) is 7.92. The molecule has 1 heterocycles. The molecule has 0 unspecified atom stereocenters. The van der Waals surface area contributed by atoms with Crippen molar-refractivity contribution in [3.05, 3.63) is 48.7 Å². The maximum absolute atomic E-state index is 10.2. The second kappa shape index (κ2) is 4.31. The highest BCUT2D eigenvalue weighted by Gasteiger charge is 2.03. The molecule has 15 heavy (non-hydrogen) atoms. The zero-order valence-corrected chi connectivity index (χ0v) is 7.92. The van der Waals surface area contributed by atoms with Gasteiger partial charge in [0.25, 0.3) is 0 Å². The van der Waals surface area contributed by atoms with Gasteiger partial charge >= 0.3 is 0 Å². The molecule has 0 N–H and O–H groups in total. The van der Waals surface area contributed by atoms with Gasteiger partial charge in [-0.2, -0.15) is 4.99 Å². The average molecular weight is 196 g/mol. The molecule has 3 nitrogen and oxygen atoms in total. The average Bonchev–Trinajstić information content (AvgIpc) is 2.31. The number of rotatable bonds is 2. The van der Waals surface area contributed by atoms with E-state index in [1.54, 1.807) is 18.3 Å². The van der Waals surface area contributed by atoms with Crippen LogP contribution < -0.4 is 0 Å². The van der Waals surface area contributed by atoms with E-state index in [1.807, 2.05) is 30.3 Å². The second-order valence-corrected chi connectivity index (χ2v) is 2.94. The van der Waals surface area contributed by atoms with Gasteiger partial charge in [-0.1, -0.05) is 30.3 Å². The number of hydrogen-bond acceptors (Lipinski definition) is 3. The number of aromatic nitrogens is 1. The molecule has 3 heteroatoms. The monoisotopic (exact) mass is 196 g/mol. The van der Waals surface area contributed by atoms with Crippen molar-refractivity contribution in [3.8, 4) is 11.3 Å². The van der Waals surface area contributed by atoms with Gasteiger partial charge in [-0.3, -0.25) is 4.98 Å². The Bertz CT molecular complexity index is 502. The fourth-order valence-electron chi connectivity index (χ4n) is 1.35. The summed E-state index contributed by atoms with van der Waals surface area (Å²) in [4.78, 5) is 18.0. The number of pyridine rings is 1. The highest BCUT2D eigenvalue weighted by molar-refractivity contribution is 5.73. The number of aliphatic imine (C=N–C) groups is 1. The summed E-state index contributed by atoms with van der Waals surface area (Å²) < 4.78 is 0. The normalized spacial score (nSPS) is 9.33. The van der Waals surface area contributed by atoms with Gasteiger partial charge in [-0.05, 0) is 12.1 Å². The highest BCUT2D eigenvalue weighted by atomic mass is 16.1. The van der Waals surface area contributed by atoms with Crippen LogP contribution >= 0.6 is 0 Å². The number of nitrogens with zero attached hydrogens (tertiary/aromatic N) is 2. The first-order valence-electron chi connectivity index (χ1n) is 4.50. The first-order valence-corrected chi connectivity index (χ1v) is 4.50. The van der Waals surface area contributed by atoms with Crippen molar-refractivity contribution in [1.82, 2.24) is 4.98 Å². The lowest BCUT2D eigenvalue weighted by atomic mass is 10.1. The quantitative estimate of drug-likeness (QED) is 0.547. The molecule has 0 saturated heterocycles. The molecule has 0 spiro atoms. The van der Waals surface area contributed by atoms with Crippen LogP contribution in [0.25, 0.3) is 11.3 Å². The Hall–Kier alpha value is -2.25. The summed E-state index contributed by atoms with van der Waals surface area (Å²) in [6.07, 6.45) is 3.20. The van der Waals surface area contributed by atoms with Crippen molar-refractivity contribution in [2.24, 2.45) is 4.99 Å². The first kappa shape index (κ1) is 9.31. The predicted octanol–water partition coefficient (Wildman–Crippen LogP) is 2.72. The van der Waals surface area contributed by atoms with Gasteiger partial charge < -0.3 is 0 Å². The van der Waals surface area contributed by atoms with E-state index in [4.69, 9.17) is 0 Å². The molecule has 72 valence electrons. The van der Waals surface area contributed by atoms with Crippen LogP contribution in [0.15, 0.2) is 53.7 Å². The minimum atomic E-state index is 0.540. The molecule has 0 aliphatic heterocycles. The summed E-state index contributed by atoms with van der Waals surface area (Å²) in [7, 11) is 0. The fourth-order valence-corrected chi connectivity index (χ4v) is 1.35. The molecular formula is C12H8N2O. The SMILES string of the molecule is O=C=Nc1cccnc1-c1ccccc1. The molecule has 2 aromatic rings. The molecule has 0 aliphatic rings. The lowest BCUT2D eigenvalue weighted by Crippen LogP contribution is -1.82. The third-order valence-electron chi connectivity index (χ3n) is 2.00. The summed E-state index contributed by atoms with van der Waals surface area (Å²) in [5, 5.41) is 0. The Balaban J connectivity index is 2.58. The molecule has 0 fully saturated rings. The van der Waals surface area contributed by atoms with Crippen molar-refractivity contribution in [3.63, 3.8) is 0 Å². The Morgan fingerprint density at radius 3 is 2.60 bits per heavy atom. The maximum atomic E-state index is 10.2. The van der Waals surface area contributed by atoms with Crippen LogP contribution in [0.1, 0.15) is 0 Å². The van der Waals surface area contributed by atoms with E-state index < -0.39 is 0 Å². The van der Waals surface area contributed by atoms with Crippen LogP contribution in [0.4, 0.5) is 5.69 Å². The predicted molar refractivity (Wildman–Crippen MR) is 57.5 cm³/mol. The van der Waals surface area contributed by atoms with Gasteiger partial charge in [0.05, 0.1) is 5.69 Å².